The number of aryl methyl sites for hydroxylation is 1. The van der Waals surface area contributed by atoms with E-state index in [0.29, 0.717) is 18.8 Å². The van der Waals surface area contributed by atoms with Crippen LogP contribution in [-0.2, 0) is 18.2 Å². The molecule has 8 heteroatoms. The maximum Gasteiger partial charge on any atom is 0.411 e. The van der Waals surface area contributed by atoms with Crippen molar-refractivity contribution in [2.45, 2.75) is 25.6 Å². The summed E-state index contributed by atoms with van der Waals surface area (Å²) >= 11 is 0. The van der Waals surface area contributed by atoms with E-state index in [0.717, 1.165) is 0 Å². The van der Waals surface area contributed by atoms with Crippen LogP contribution in [0.3, 0.4) is 0 Å². The van der Waals surface area contributed by atoms with E-state index in [2.05, 4.69) is 20.1 Å². The number of nitrogens with zero attached hydrogens (tertiary/aromatic N) is 3. The van der Waals surface area contributed by atoms with Crippen LogP contribution in [0.1, 0.15) is 12.7 Å². The number of halogens is 3. The van der Waals surface area contributed by atoms with Gasteiger partial charge in [-0.25, -0.2) is 4.98 Å². The average molecular weight is 266 g/mol. The zero-order chi connectivity index (χ0) is 13.6. The van der Waals surface area contributed by atoms with Gasteiger partial charge in [-0.15, -0.1) is 0 Å². The van der Waals surface area contributed by atoms with Crippen molar-refractivity contribution in [3.05, 3.63) is 12.2 Å². The number of aromatic nitrogens is 3. The van der Waals surface area contributed by atoms with Crippen LogP contribution >= 0.6 is 0 Å². The molecule has 1 atom stereocenters. The third-order valence-electron chi connectivity index (χ3n) is 2.31. The first kappa shape index (κ1) is 14.9. The van der Waals surface area contributed by atoms with E-state index in [1.165, 1.54) is 6.33 Å². The molecule has 1 aromatic rings. The summed E-state index contributed by atoms with van der Waals surface area (Å²) in [7, 11) is 1.74. The first-order valence-corrected chi connectivity index (χ1v) is 5.63. The standard InChI is InChI=1S/C10H17F3N4O/c1-3-14-8(5-18-6-10(11,12)13)4-9-15-7-16-17(9)2/h7-8,14H,3-6H2,1-2H3. The van der Waals surface area contributed by atoms with Crippen molar-refractivity contribution in [3.8, 4) is 0 Å². The third-order valence-corrected chi connectivity index (χ3v) is 2.31. The van der Waals surface area contributed by atoms with Crippen LogP contribution in [0.15, 0.2) is 6.33 Å². The number of rotatable bonds is 7. The first-order valence-electron chi connectivity index (χ1n) is 5.63. The van der Waals surface area contributed by atoms with Gasteiger partial charge in [-0.05, 0) is 6.54 Å². The van der Waals surface area contributed by atoms with Crippen molar-refractivity contribution in [3.63, 3.8) is 0 Å². The van der Waals surface area contributed by atoms with Gasteiger partial charge in [-0.3, -0.25) is 4.68 Å². The molecule has 0 aliphatic carbocycles. The van der Waals surface area contributed by atoms with Crippen LogP contribution in [0, 0.1) is 0 Å². The lowest BCUT2D eigenvalue weighted by molar-refractivity contribution is -0.175. The van der Waals surface area contributed by atoms with Crippen molar-refractivity contribution in [2.24, 2.45) is 7.05 Å². The molecule has 1 aromatic heterocycles. The molecule has 1 unspecified atom stereocenters. The fraction of sp³-hybridized carbons (Fsp3) is 0.800. The quantitative estimate of drug-likeness (QED) is 0.797. The molecule has 0 amide bonds. The zero-order valence-electron chi connectivity index (χ0n) is 10.4. The summed E-state index contributed by atoms with van der Waals surface area (Å²) in [5.41, 5.74) is 0. The summed E-state index contributed by atoms with van der Waals surface area (Å²) in [5, 5.41) is 6.97. The van der Waals surface area contributed by atoms with Gasteiger partial charge in [0.15, 0.2) is 0 Å². The Morgan fingerprint density at radius 2 is 2.22 bits per heavy atom. The Bertz CT molecular complexity index is 353. The van der Waals surface area contributed by atoms with E-state index in [1.54, 1.807) is 11.7 Å². The van der Waals surface area contributed by atoms with E-state index in [9.17, 15) is 13.2 Å². The number of ether oxygens (including phenoxy) is 1. The number of hydrogen-bond acceptors (Lipinski definition) is 4. The summed E-state index contributed by atoms with van der Waals surface area (Å²) in [5.74, 6) is 0.705. The summed E-state index contributed by atoms with van der Waals surface area (Å²) in [6.07, 6.45) is -2.40. The maximum atomic E-state index is 12.0. The molecule has 18 heavy (non-hydrogen) atoms. The second-order valence-corrected chi connectivity index (χ2v) is 3.89. The van der Waals surface area contributed by atoms with E-state index in [1.807, 2.05) is 6.92 Å². The van der Waals surface area contributed by atoms with E-state index in [-0.39, 0.29) is 12.6 Å². The molecule has 0 spiro atoms. The van der Waals surface area contributed by atoms with Gasteiger partial charge in [-0.2, -0.15) is 18.3 Å². The van der Waals surface area contributed by atoms with Gasteiger partial charge in [0.25, 0.3) is 0 Å². The Balaban J connectivity index is 2.42. The Morgan fingerprint density at radius 3 is 2.72 bits per heavy atom. The number of hydrogen-bond donors (Lipinski definition) is 1. The maximum absolute atomic E-state index is 12.0. The number of likely N-dealkylation sites (N-methyl/N-ethyl adjacent to an activating group) is 1. The predicted molar refractivity (Wildman–Crippen MR) is 59.0 cm³/mol. The second kappa shape index (κ2) is 6.69. The molecule has 0 aliphatic heterocycles. The van der Waals surface area contributed by atoms with Crippen molar-refractivity contribution in [1.29, 1.82) is 0 Å². The van der Waals surface area contributed by atoms with Gasteiger partial charge in [-0.1, -0.05) is 6.92 Å². The minimum Gasteiger partial charge on any atom is -0.370 e. The van der Waals surface area contributed by atoms with Crippen molar-refractivity contribution in [1.82, 2.24) is 20.1 Å². The molecule has 0 bridgehead atoms. The van der Waals surface area contributed by atoms with Gasteiger partial charge in [0.05, 0.1) is 6.61 Å². The Morgan fingerprint density at radius 1 is 1.50 bits per heavy atom. The van der Waals surface area contributed by atoms with E-state index < -0.39 is 12.8 Å². The van der Waals surface area contributed by atoms with Crippen molar-refractivity contribution < 1.29 is 17.9 Å². The molecule has 5 nitrogen and oxygen atoms in total. The van der Waals surface area contributed by atoms with Gasteiger partial charge in [0, 0.05) is 19.5 Å². The molecule has 1 rings (SSSR count). The summed E-state index contributed by atoms with van der Waals surface area (Å²) in [6, 6.07) is -0.208. The van der Waals surface area contributed by atoms with Crippen LogP contribution in [0.5, 0.6) is 0 Å². The molecule has 104 valence electrons. The highest BCUT2D eigenvalue weighted by Crippen LogP contribution is 2.14. The molecule has 0 saturated heterocycles. The highest BCUT2D eigenvalue weighted by molar-refractivity contribution is 4.88. The topological polar surface area (TPSA) is 52.0 Å². The van der Waals surface area contributed by atoms with Crippen molar-refractivity contribution in [2.75, 3.05) is 19.8 Å². The fourth-order valence-electron chi connectivity index (χ4n) is 1.52. The average Bonchev–Trinajstić information content (AvgIpc) is 2.63. The molecule has 0 aliphatic rings. The Hall–Kier alpha value is -1.15. The molecular formula is C10H17F3N4O. The Kier molecular flexibility index (Phi) is 5.54. The van der Waals surface area contributed by atoms with Crippen LogP contribution in [0.2, 0.25) is 0 Å². The SMILES string of the molecule is CCNC(COCC(F)(F)F)Cc1ncnn1C. The van der Waals surface area contributed by atoms with Crippen LogP contribution in [-0.4, -0.2) is 46.7 Å². The molecule has 0 radical (unpaired) electrons. The zero-order valence-corrected chi connectivity index (χ0v) is 10.4. The normalized spacial score (nSPS) is 13.8. The lowest BCUT2D eigenvalue weighted by Gasteiger charge is -2.18. The Labute approximate surface area is 103 Å². The number of nitrogens with one attached hydrogen (secondary N) is 1. The lowest BCUT2D eigenvalue weighted by Crippen LogP contribution is -2.37. The monoisotopic (exact) mass is 266 g/mol. The molecule has 0 fully saturated rings. The lowest BCUT2D eigenvalue weighted by atomic mass is 10.2. The predicted octanol–water partition coefficient (Wildman–Crippen LogP) is 0.915. The van der Waals surface area contributed by atoms with Crippen molar-refractivity contribution >= 4 is 0 Å². The first-order chi connectivity index (χ1) is 8.42. The van der Waals surface area contributed by atoms with E-state index >= 15 is 0 Å². The molecule has 1 heterocycles. The highest BCUT2D eigenvalue weighted by Gasteiger charge is 2.28. The second-order valence-electron chi connectivity index (χ2n) is 3.89. The van der Waals surface area contributed by atoms with Gasteiger partial charge >= 0.3 is 6.18 Å². The molecule has 0 saturated carbocycles. The number of alkyl halides is 3. The summed E-state index contributed by atoms with van der Waals surface area (Å²) < 4.78 is 42.1. The van der Waals surface area contributed by atoms with Crippen LogP contribution in [0.4, 0.5) is 13.2 Å². The molecular weight excluding hydrogens is 249 g/mol. The van der Waals surface area contributed by atoms with Crippen LogP contribution < -0.4 is 5.32 Å². The minimum absolute atomic E-state index is 0.0137. The molecule has 0 aromatic carbocycles. The summed E-state index contributed by atoms with van der Waals surface area (Å²) in [6.45, 7) is 1.29. The molecule has 1 N–H and O–H groups in total. The summed E-state index contributed by atoms with van der Waals surface area (Å²) in [4.78, 5) is 4.03. The van der Waals surface area contributed by atoms with Gasteiger partial charge in [0.1, 0.15) is 18.8 Å². The third kappa shape index (κ3) is 5.46. The van der Waals surface area contributed by atoms with Gasteiger partial charge < -0.3 is 10.1 Å². The highest BCUT2D eigenvalue weighted by atomic mass is 19.4. The van der Waals surface area contributed by atoms with Gasteiger partial charge in [0.2, 0.25) is 0 Å². The largest absolute Gasteiger partial charge is 0.411 e. The minimum atomic E-state index is -4.29. The van der Waals surface area contributed by atoms with Crippen LogP contribution in [0.25, 0.3) is 0 Å². The van der Waals surface area contributed by atoms with E-state index in [4.69, 9.17) is 0 Å². The fourth-order valence-corrected chi connectivity index (χ4v) is 1.52. The smallest absolute Gasteiger partial charge is 0.370 e.